The van der Waals surface area contributed by atoms with Gasteiger partial charge in [-0.25, -0.2) is 0 Å². The van der Waals surface area contributed by atoms with Gasteiger partial charge in [0.2, 0.25) is 0 Å². The molecule has 16 rings (SSSR count). The zero-order valence-corrected chi connectivity index (χ0v) is 67.6. The molecule has 0 bridgehead atoms. The van der Waals surface area contributed by atoms with Crippen LogP contribution in [0.2, 0.25) is 0 Å². The van der Waals surface area contributed by atoms with Crippen molar-refractivity contribution in [3.8, 4) is 34.8 Å². The molecule has 0 aliphatic heterocycles. The van der Waals surface area contributed by atoms with Crippen LogP contribution in [0.4, 0.5) is 0 Å². The quantitative estimate of drug-likeness (QED) is 0.0514. The summed E-state index contributed by atoms with van der Waals surface area (Å²) in [6.07, 6.45) is 29.3. The van der Waals surface area contributed by atoms with E-state index in [1.54, 1.807) is 12.1 Å². The molecule has 1 nitrogen and oxygen atoms in total. The average molecular weight is 2110 g/mol. The smallest absolute Gasteiger partial charge is 0.459 e. The van der Waals surface area contributed by atoms with E-state index in [9.17, 15) is 0 Å². The van der Waals surface area contributed by atoms with E-state index >= 15 is 0 Å². The Morgan fingerprint density at radius 3 is 0.637 bits per heavy atom. The van der Waals surface area contributed by atoms with E-state index in [2.05, 4.69) is 315 Å². The molecule has 9 heteroatoms. The first kappa shape index (κ1) is 77.9. The van der Waals surface area contributed by atoms with Gasteiger partial charge in [0, 0.05) is 10.8 Å². The van der Waals surface area contributed by atoms with E-state index in [-0.39, 0.29) is 89.5 Å². The van der Waals surface area contributed by atoms with Gasteiger partial charge >= 0.3 is 89.5 Å². The van der Waals surface area contributed by atoms with Crippen LogP contribution in [0.15, 0.2) is 368 Å². The molecule has 0 amide bonds. The Hall–Kier alpha value is -8.20. The number of rotatable bonds is 12. The van der Waals surface area contributed by atoms with Crippen molar-refractivity contribution in [2.45, 2.75) is 6.42 Å². The van der Waals surface area contributed by atoms with Gasteiger partial charge in [-0.15, -0.1) is 58.7 Å². The van der Waals surface area contributed by atoms with E-state index in [0.29, 0.717) is 11.1 Å². The SMILES string of the molecule is [Au+].[Au+].[Au+].[Au+].[C-]#Cc1ccc2c(c1)Cc1cc(C#[C-])ccc1-2.[C-]#Cc1ccc2c(c1)oc1cc(C#[C-])ccc12.c1ccc([PH+](c2ccccc2)c2ccccc2[PH+](c2ccccc2)c2ccccc2)cc1.c1ccc([PH+](c2ccccc2)c2ccccc2[PH+](c2ccccc2)c2ccccc2)cc1. The van der Waals surface area contributed by atoms with Crippen LogP contribution in [-0.4, -0.2) is 0 Å². The van der Waals surface area contributed by atoms with Crippen molar-refractivity contribution >= 4 is 117 Å². The van der Waals surface area contributed by atoms with Crippen LogP contribution in [0.1, 0.15) is 33.4 Å². The Kier molecular flexibility index (Phi) is 29.7. The van der Waals surface area contributed by atoms with Crippen LogP contribution in [0.3, 0.4) is 0 Å². The van der Waals surface area contributed by atoms with E-state index < -0.39 is 31.7 Å². The monoisotopic (exact) mass is 2110 g/mol. The number of benzene rings is 14. The second kappa shape index (κ2) is 38.9. The van der Waals surface area contributed by atoms with Gasteiger partial charge in [0.15, 0.2) is 0 Å². The third-order valence-electron chi connectivity index (χ3n) is 17.4. The van der Waals surface area contributed by atoms with Gasteiger partial charge in [-0.05, 0) is 139 Å². The third kappa shape index (κ3) is 18.6. The summed E-state index contributed by atoms with van der Waals surface area (Å²) in [7, 11) is -4.56. The Labute approximate surface area is 668 Å². The van der Waals surface area contributed by atoms with Crippen molar-refractivity contribution in [2.24, 2.45) is 0 Å². The van der Waals surface area contributed by atoms with Gasteiger partial charge in [-0.2, -0.15) is 0 Å². The first-order valence-electron chi connectivity index (χ1n) is 32.5. The fraction of sp³-hybridized carbons (Fsp3) is 0.0108. The van der Waals surface area contributed by atoms with Crippen molar-refractivity contribution in [1.29, 1.82) is 0 Å². The summed E-state index contributed by atoms with van der Waals surface area (Å²) in [6.45, 7) is 0. The van der Waals surface area contributed by atoms with Crippen LogP contribution < -0.4 is 63.7 Å². The predicted molar refractivity (Wildman–Crippen MR) is 427 cm³/mol. The summed E-state index contributed by atoms with van der Waals surface area (Å²) in [5.74, 6) is 9.49. The van der Waals surface area contributed by atoms with Crippen molar-refractivity contribution in [2.75, 3.05) is 0 Å². The number of hydrogen-bond donors (Lipinski definition) is 0. The normalized spacial score (nSPS) is 10.5. The van der Waals surface area contributed by atoms with Gasteiger partial charge in [0.1, 0.15) is 107 Å². The van der Waals surface area contributed by atoms with Crippen LogP contribution in [0.25, 0.3) is 33.1 Å². The molecule has 0 saturated carbocycles. The molecule has 0 fully saturated rings. The maximum absolute atomic E-state index is 7.15. The minimum absolute atomic E-state index is 0. The molecular formula is C93H66Au4OP4+4. The predicted octanol–water partition coefficient (Wildman–Crippen LogP) is 15.9. The Morgan fingerprint density at radius 1 is 0.225 bits per heavy atom. The summed E-state index contributed by atoms with van der Waals surface area (Å²) in [6, 6.07) is 130. The molecule has 504 valence electrons. The molecule has 0 saturated heterocycles. The summed E-state index contributed by atoms with van der Waals surface area (Å²) >= 11 is 0. The van der Waals surface area contributed by atoms with Crippen LogP contribution in [0, 0.1) is 49.4 Å². The van der Waals surface area contributed by atoms with Crippen molar-refractivity contribution in [3.63, 3.8) is 0 Å². The summed E-state index contributed by atoms with van der Waals surface area (Å²) in [4.78, 5) is 0. The molecular weight excluding hydrogens is 2040 g/mol. The van der Waals surface area contributed by atoms with Crippen molar-refractivity contribution in [3.05, 3.63) is 423 Å². The first-order chi connectivity index (χ1) is 48.5. The van der Waals surface area contributed by atoms with Gasteiger partial charge < -0.3 is 30.1 Å². The van der Waals surface area contributed by atoms with E-state index in [1.807, 2.05) is 60.7 Å². The largest absolute Gasteiger partial charge is 1.00 e. The Morgan fingerprint density at radius 2 is 0.422 bits per heavy atom. The molecule has 0 unspecified atom stereocenters. The number of hydrogen-bond acceptors (Lipinski definition) is 1. The fourth-order valence-corrected chi connectivity index (χ4v) is 24.9. The molecule has 0 spiro atoms. The molecule has 1 aliphatic rings. The zero-order valence-electron chi connectivity index (χ0n) is 55.0. The molecule has 1 aliphatic carbocycles. The Balaban J connectivity index is 0.000000162. The van der Waals surface area contributed by atoms with Gasteiger partial charge in [-0.1, -0.05) is 217 Å². The van der Waals surface area contributed by atoms with Crippen LogP contribution >= 0.6 is 31.7 Å². The van der Waals surface area contributed by atoms with Crippen LogP contribution in [0.5, 0.6) is 0 Å². The van der Waals surface area contributed by atoms with Crippen LogP contribution in [-0.2, 0) is 95.9 Å². The van der Waals surface area contributed by atoms with Crippen molar-refractivity contribution in [1.82, 2.24) is 0 Å². The van der Waals surface area contributed by atoms with Gasteiger partial charge in [-0.3, -0.25) is 23.7 Å². The van der Waals surface area contributed by atoms with E-state index in [1.165, 1.54) is 85.9 Å². The third-order valence-corrected chi connectivity index (χ3v) is 29.0. The molecule has 14 aromatic carbocycles. The minimum Gasteiger partial charge on any atom is -0.459 e. The maximum atomic E-state index is 7.15. The maximum Gasteiger partial charge on any atom is 1.00 e. The number of furan rings is 1. The standard InChI is InChI=1S/2C30H24P2.C17H8.C16H6O.4Au/c2*1-5-15-25(16-6-1)31(26-17-7-2-8-18-26)29-23-13-14-24-30(29)32(27-19-9-3-10-20-27)28-21-11-4-12-22-28;1-3-12-5-7-16-14(9-12)11-15-10-13(4-2)6-8-17(15)16;1-3-11-5-7-13-14-8-6-12(4-2)10-16(14)17-15(13)9-11;;;;/h2*1-24H;5-10H,11H2;5-10H;;;;/q;;2*-2;4*+1/p+4. The molecule has 0 radical (unpaired) electrons. The van der Waals surface area contributed by atoms with Crippen molar-refractivity contribution < 1.29 is 93.9 Å². The molecule has 0 atom stereocenters. The second-order valence-electron chi connectivity index (χ2n) is 23.5. The minimum atomic E-state index is -1.14. The van der Waals surface area contributed by atoms with Gasteiger partial charge in [0.25, 0.3) is 0 Å². The molecule has 15 aromatic rings. The second-order valence-corrected chi connectivity index (χ2v) is 33.2. The summed E-state index contributed by atoms with van der Waals surface area (Å²) in [5, 5.41) is 19.4. The van der Waals surface area contributed by atoms with E-state index in [0.717, 1.165) is 39.5 Å². The zero-order chi connectivity index (χ0) is 66.8. The summed E-state index contributed by atoms with van der Waals surface area (Å²) in [5.41, 5.74) is 9.42. The molecule has 0 N–H and O–H groups in total. The molecule has 102 heavy (non-hydrogen) atoms. The van der Waals surface area contributed by atoms with Gasteiger partial charge in [0.05, 0.1) is 0 Å². The summed E-state index contributed by atoms with van der Waals surface area (Å²) < 4.78 is 5.69. The topological polar surface area (TPSA) is 13.1 Å². The average Bonchev–Trinajstić information content (AvgIpc) is 1.16. The fourth-order valence-electron chi connectivity index (χ4n) is 12.9. The number of fused-ring (bicyclic) bond motifs is 6. The first-order valence-corrected chi connectivity index (χ1v) is 38.5. The Bertz CT molecular complexity index is 4670. The molecule has 1 heterocycles. The van der Waals surface area contributed by atoms with E-state index in [4.69, 9.17) is 30.1 Å². The molecule has 1 aromatic heterocycles.